The molecule has 0 radical (unpaired) electrons. The van der Waals surface area contributed by atoms with E-state index in [2.05, 4.69) is 10.6 Å². The Morgan fingerprint density at radius 1 is 1.18 bits per heavy atom. The second-order valence-corrected chi connectivity index (χ2v) is 9.30. The molecular formula is C22H24N4O5S2. The number of ether oxygens (including phenoxy) is 1. The summed E-state index contributed by atoms with van der Waals surface area (Å²) in [7, 11) is 1.79. The maximum atomic E-state index is 13.3. The van der Waals surface area contributed by atoms with Gasteiger partial charge in [-0.05, 0) is 24.7 Å². The summed E-state index contributed by atoms with van der Waals surface area (Å²) in [6, 6.07) is 11.7. The highest BCUT2D eigenvalue weighted by Crippen LogP contribution is 2.19. The third-order valence-electron chi connectivity index (χ3n) is 5.48. The van der Waals surface area contributed by atoms with Crippen LogP contribution >= 0.6 is 24.0 Å². The van der Waals surface area contributed by atoms with Crippen molar-refractivity contribution in [2.24, 2.45) is 0 Å². The van der Waals surface area contributed by atoms with Crippen molar-refractivity contribution in [1.29, 1.82) is 0 Å². The van der Waals surface area contributed by atoms with Gasteiger partial charge in [0.15, 0.2) is 0 Å². The molecule has 0 saturated carbocycles. The number of thioether (sulfide) groups is 1. The maximum Gasteiger partial charge on any atom is 0.296 e. The molecule has 174 valence electrons. The molecule has 0 bridgehead atoms. The molecule has 0 unspecified atom stereocenters. The van der Waals surface area contributed by atoms with Crippen LogP contribution in [0, 0.1) is 0 Å². The lowest BCUT2D eigenvalue weighted by Gasteiger charge is -2.21. The molecule has 11 heteroatoms. The normalized spacial score (nSPS) is 20.2. The van der Waals surface area contributed by atoms with Gasteiger partial charge in [-0.2, -0.15) is 0 Å². The second-order valence-electron chi connectivity index (χ2n) is 7.57. The van der Waals surface area contributed by atoms with E-state index in [-0.39, 0.29) is 29.9 Å². The van der Waals surface area contributed by atoms with Gasteiger partial charge in [0.2, 0.25) is 0 Å². The van der Waals surface area contributed by atoms with Crippen LogP contribution in [0.1, 0.15) is 26.4 Å². The van der Waals surface area contributed by atoms with E-state index in [4.69, 9.17) is 21.8 Å². The fourth-order valence-corrected chi connectivity index (χ4v) is 4.84. The van der Waals surface area contributed by atoms with Gasteiger partial charge in [0.1, 0.15) is 22.2 Å². The zero-order chi connectivity index (χ0) is 23.4. The van der Waals surface area contributed by atoms with Crippen LogP contribution in [0.2, 0.25) is 0 Å². The molecule has 2 N–H and O–H groups in total. The number of nitrogens with one attached hydrogen (secondary N) is 2. The van der Waals surface area contributed by atoms with Gasteiger partial charge in [0.05, 0.1) is 25.3 Å². The van der Waals surface area contributed by atoms with Crippen LogP contribution in [0.5, 0.6) is 0 Å². The lowest BCUT2D eigenvalue weighted by molar-refractivity contribution is 0.0676. The van der Waals surface area contributed by atoms with Gasteiger partial charge in [-0.25, -0.2) is 0 Å². The fraction of sp³-hybridized carbons (Fsp3) is 0.364. The second kappa shape index (κ2) is 10.5. The minimum absolute atomic E-state index is 0.00684. The number of aromatic nitrogens is 1. The maximum absolute atomic E-state index is 13.3. The van der Waals surface area contributed by atoms with Crippen LogP contribution in [0.3, 0.4) is 0 Å². The van der Waals surface area contributed by atoms with Gasteiger partial charge in [0, 0.05) is 12.3 Å². The monoisotopic (exact) mass is 488 g/mol. The summed E-state index contributed by atoms with van der Waals surface area (Å²) in [5.41, 5.74) is -0.0189. The highest BCUT2D eigenvalue weighted by Gasteiger charge is 2.31. The van der Waals surface area contributed by atoms with Crippen LogP contribution in [-0.4, -0.2) is 70.4 Å². The summed E-state index contributed by atoms with van der Waals surface area (Å²) in [4.78, 5) is 46.5. The Labute approximate surface area is 200 Å². The van der Waals surface area contributed by atoms with Crippen LogP contribution in [0.4, 0.5) is 0 Å². The summed E-state index contributed by atoms with van der Waals surface area (Å²) in [6.07, 6.45) is 0. The Kier molecular flexibility index (Phi) is 7.43. The smallest absolute Gasteiger partial charge is 0.296 e. The van der Waals surface area contributed by atoms with Crippen molar-refractivity contribution in [2.75, 3.05) is 32.6 Å². The highest BCUT2D eigenvalue weighted by molar-refractivity contribution is 8.23. The predicted molar refractivity (Wildman–Crippen MR) is 128 cm³/mol. The first-order valence-corrected chi connectivity index (χ1v) is 11.9. The summed E-state index contributed by atoms with van der Waals surface area (Å²) in [5.74, 6) is -0.319. The van der Waals surface area contributed by atoms with Gasteiger partial charge in [0.25, 0.3) is 17.4 Å². The van der Waals surface area contributed by atoms with Crippen molar-refractivity contribution in [3.63, 3.8) is 0 Å². The number of likely N-dealkylation sites (N-methyl/N-ethyl adjacent to an activating group) is 1. The SMILES string of the molecule is CN[C@H]1COC[C@H]1NC(=O)c1ccc(C(=O)N2CCSC2=S)c(=O)n1OCc1ccccc1. The zero-order valence-corrected chi connectivity index (χ0v) is 19.6. The van der Waals surface area contributed by atoms with Crippen molar-refractivity contribution < 1.29 is 19.2 Å². The van der Waals surface area contributed by atoms with Gasteiger partial charge >= 0.3 is 0 Å². The van der Waals surface area contributed by atoms with Crippen LogP contribution in [-0.2, 0) is 11.3 Å². The number of hydrogen-bond acceptors (Lipinski definition) is 8. The Bertz CT molecular complexity index is 1110. The summed E-state index contributed by atoms with van der Waals surface area (Å²) >= 11 is 6.61. The average Bonchev–Trinajstić information content (AvgIpc) is 3.46. The Morgan fingerprint density at radius 3 is 2.64 bits per heavy atom. The van der Waals surface area contributed by atoms with Gasteiger partial charge < -0.3 is 20.2 Å². The molecule has 1 aromatic carbocycles. The minimum Gasteiger partial charge on any atom is -0.405 e. The lowest BCUT2D eigenvalue weighted by Crippen LogP contribution is -2.49. The molecule has 0 spiro atoms. The largest absolute Gasteiger partial charge is 0.405 e. The molecular weight excluding hydrogens is 464 g/mol. The van der Waals surface area contributed by atoms with Crippen molar-refractivity contribution in [1.82, 2.24) is 20.3 Å². The van der Waals surface area contributed by atoms with E-state index in [1.165, 1.54) is 28.8 Å². The number of pyridine rings is 1. The number of carbonyl (C=O) groups is 2. The third kappa shape index (κ3) is 5.11. The minimum atomic E-state index is -0.712. The molecule has 2 aliphatic heterocycles. The third-order valence-corrected chi connectivity index (χ3v) is 6.91. The van der Waals surface area contributed by atoms with E-state index in [1.807, 2.05) is 30.3 Å². The first-order valence-electron chi connectivity index (χ1n) is 10.5. The molecule has 33 heavy (non-hydrogen) atoms. The molecule has 2 aliphatic rings. The number of thiocarbonyl (C=S) groups is 1. The molecule has 9 nitrogen and oxygen atoms in total. The summed E-state index contributed by atoms with van der Waals surface area (Å²) < 4.78 is 6.76. The molecule has 3 heterocycles. The van der Waals surface area contributed by atoms with E-state index in [1.54, 1.807) is 7.05 Å². The molecule has 2 aromatic rings. The van der Waals surface area contributed by atoms with Gasteiger partial charge in [-0.3, -0.25) is 19.3 Å². The van der Waals surface area contributed by atoms with E-state index < -0.39 is 17.4 Å². The Hall–Kier alpha value is -2.73. The molecule has 2 saturated heterocycles. The number of carbonyl (C=O) groups excluding carboxylic acids is 2. The molecule has 2 amide bonds. The molecule has 1 aromatic heterocycles. The Morgan fingerprint density at radius 2 is 1.94 bits per heavy atom. The fourth-order valence-electron chi connectivity index (χ4n) is 3.64. The van der Waals surface area contributed by atoms with E-state index in [0.717, 1.165) is 10.3 Å². The molecule has 2 fully saturated rings. The standard InChI is InChI=1S/C22H24N4O5S2/c1-23-16-12-30-13-17(16)24-19(27)18-8-7-15(20(28)25-9-10-33-22(25)32)21(29)26(18)31-11-14-5-3-2-4-6-14/h2-8,16-17,23H,9-13H2,1H3,(H,24,27)/t16-,17+/m0/s1. The first-order chi connectivity index (χ1) is 16.0. The van der Waals surface area contributed by atoms with Crippen LogP contribution in [0.15, 0.2) is 47.3 Å². The average molecular weight is 489 g/mol. The van der Waals surface area contributed by atoms with E-state index >= 15 is 0 Å². The van der Waals surface area contributed by atoms with Crippen molar-refractivity contribution in [2.45, 2.75) is 18.7 Å². The van der Waals surface area contributed by atoms with Crippen LogP contribution < -0.4 is 21.0 Å². The highest BCUT2D eigenvalue weighted by atomic mass is 32.2. The quantitative estimate of drug-likeness (QED) is 0.549. The zero-order valence-electron chi connectivity index (χ0n) is 18.0. The number of hydrogen-bond donors (Lipinski definition) is 2. The summed E-state index contributed by atoms with van der Waals surface area (Å²) in [5, 5.41) is 5.99. The number of rotatable bonds is 7. The lowest BCUT2D eigenvalue weighted by atomic mass is 10.1. The first kappa shape index (κ1) is 23.4. The molecule has 2 atom stereocenters. The topological polar surface area (TPSA) is 102 Å². The van der Waals surface area contributed by atoms with Crippen molar-refractivity contribution in [3.8, 4) is 0 Å². The van der Waals surface area contributed by atoms with E-state index in [9.17, 15) is 14.4 Å². The predicted octanol–water partition coefficient (Wildman–Crippen LogP) is 0.668. The van der Waals surface area contributed by atoms with Gasteiger partial charge in [-0.1, -0.05) is 54.3 Å². The van der Waals surface area contributed by atoms with E-state index in [0.29, 0.717) is 29.8 Å². The Balaban J connectivity index is 1.65. The molecule has 0 aliphatic carbocycles. The van der Waals surface area contributed by atoms with Crippen LogP contribution in [0.25, 0.3) is 0 Å². The number of benzene rings is 1. The van der Waals surface area contributed by atoms with Gasteiger partial charge in [-0.15, -0.1) is 4.73 Å². The number of amides is 2. The van der Waals surface area contributed by atoms with Crippen molar-refractivity contribution in [3.05, 3.63) is 69.6 Å². The molecule has 4 rings (SSSR count). The van der Waals surface area contributed by atoms with Crippen molar-refractivity contribution >= 4 is 40.1 Å². The number of nitrogens with zero attached hydrogens (tertiary/aromatic N) is 2. The summed E-state index contributed by atoms with van der Waals surface area (Å²) in [6.45, 7) is 1.30.